The number of carboxylic acid groups (broad SMARTS) is 1. The fourth-order valence-electron chi connectivity index (χ4n) is 3.18. The van der Waals surface area contributed by atoms with Crippen LogP contribution in [0.1, 0.15) is 25.7 Å². The first kappa shape index (κ1) is 18.1. The largest absolute Gasteiger partial charge is 0.481 e. The van der Waals surface area contributed by atoms with Crippen LogP contribution in [0, 0.1) is 5.92 Å². The molecule has 0 heterocycles. The Morgan fingerprint density at radius 3 is 2.42 bits per heavy atom. The number of carbonyl (C=O) groups excluding carboxylic acids is 1. The molecule has 2 aromatic rings. The molecule has 0 radical (unpaired) electrons. The van der Waals surface area contributed by atoms with Gasteiger partial charge in [-0.25, -0.2) is 13.6 Å². The summed E-state index contributed by atoms with van der Waals surface area (Å²) in [5.41, 5.74) is 0.547. The molecule has 1 fully saturated rings. The summed E-state index contributed by atoms with van der Waals surface area (Å²) in [7, 11) is 0. The number of anilines is 1. The van der Waals surface area contributed by atoms with E-state index >= 15 is 0 Å². The number of halogens is 2. The van der Waals surface area contributed by atoms with Crippen molar-refractivity contribution in [2.24, 2.45) is 5.92 Å². The van der Waals surface area contributed by atoms with E-state index in [2.05, 4.69) is 5.32 Å². The van der Waals surface area contributed by atoms with E-state index in [0.29, 0.717) is 22.2 Å². The highest BCUT2D eigenvalue weighted by Crippen LogP contribution is 2.37. The van der Waals surface area contributed by atoms with Gasteiger partial charge in [0.25, 0.3) is 0 Å². The molecule has 5 nitrogen and oxygen atoms in total. The average Bonchev–Trinajstić information content (AvgIpc) is 2.60. The van der Waals surface area contributed by atoms with Crippen molar-refractivity contribution in [2.45, 2.75) is 31.6 Å². The van der Waals surface area contributed by atoms with E-state index in [1.807, 2.05) is 0 Å². The molecule has 0 saturated heterocycles. The molecular formula is C19H19F2NO4. The number of hydrogen-bond acceptors (Lipinski definition) is 3. The van der Waals surface area contributed by atoms with Crippen LogP contribution in [0.4, 0.5) is 14.5 Å². The molecule has 0 unspecified atom stereocenters. The number of benzene rings is 2. The van der Waals surface area contributed by atoms with Gasteiger partial charge in [-0.1, -0.05) is 24.3 Å². The van der Waals surface area contributed by atoms with Crippen LogP contribution in [0.3, 0.4) is 0 Å². The zero-order chi connectivity index (χ0) is 18.7. The zero-order valence-electron chi connectivity index (χ0n) is 14.0. The monoisotopic (exact) mass is 363 g/mol. The van der Waals surface area contributed by atoms with Gasteiger partial charge in [-0.15, -0.1) is 0 Å². The van der Waals surface area contributed by atoms with Crippen LogP contribution in [-0.4, -0.2) is 29.5 Å². The first-order chi connectivity index (χ1) is 12.4. The van der Waals surface area contributed by atoms with Crippen molar-refractivity contribution in [1.82, 2.24) is 0 Å². The molecule has 2 N–H and O–H groups in total. The van der Waals surface area contributed by atoms with Crippen LogP contribution < -0.4 is 10.1 Å². The molecule has 0 aromatic heterocycles. The molecule has 0 spiro atoms. The van der Waals surface area contributed by atoms with Crippen LogP contribution in [0.15, 0.2) is 36.4 Å². The fraction of sp³-hybridized carbons (Fsp3) is 0.368. The quantitative estimate of drug-likeness (QED) is 0.840. The van der Waals surface area contributed by atoms with Crippen LogP contribution in [0.25, 0.3) is 10.8 Å². The molecule has 1 saturated carbocycles. The highest BCUT2D eigenvalue weighted by atomic mass is 19.3. The van der Waals surface area contributed by atoms with Gasteiger partial charge in [-0.05, 0) is 25.0 Å². The summed E-state index contributed by atoms with van der Waals surface area (Å²) in [6.07, 6.45) is -0.214. The van der Waals surface area contributed by atoms with Crippen molar-refractivity contribution in [2.75, 3.05) is 11.9 Å². The molecule has 2 aromatic carbocycles. The summed E-state index contributed by atoms with van der Waals surface area (Å²) in [5, 5.41) is 13.0. The maximum Gasteiger partial charge on any atom is 0.341 e. The lowest BCUT2D eigenvalue weighted by Gasteiger charge is -2.27. The van der Waals surface area contributed by atoms with E-state index < -0.39 is 24.4 Å². The number of aliphatic carboxylic acids is 1. The van der Waals surface area contributed by atoms with Gasteiger partial charge in [0.05, 0.1) is 0 Å². The number of alkyl halides is 2. The number of rotatable bonds is 5. The van der Waals surface area contributed by atoms with E-state index in [1.165, 1.54) is 0 Å². The van der Waals surface area contributed by atoms with Gasteiger partial charge in [0.2, 0.25) is 11.8 Å². The average molecular weight is 363 g/mol. The summed E-state index contributed by atoms with van der Waals surface area (Å²) < 4.78 is 31.8. The topological polar surface area (TPSA) is 75.6 Å². The van der Waals surface area contributed by atoms with Crippen molar-refractivity contribution in [1.29, 1.82) is 0 Å². The Morgan fingerprint density at radius 1 is 1.12 bits per heavy atom. The van der Waals surface area contributed by atoms with Crippen LogP contribution in [0.2, 0.25) is 0 Å². The number of carboxylic acids is 1. The third kappa shape index (κ3) is 4.09. The second-order valence-electron chi connectivity index (χ2n) is 6.46. The summed E-state index contributed by atoms with van der Waals surface area (Å²) in [4.78, 5) is 23.2. The van der Waals surface area contributed by atoms with Gasteiger partial charge in [0, 0.05) is 35.2 Å². The molecule has 1 aliphatic carbocycles. The molecule has 1 aliphatic rings. The minimum Gasteiger partial charge on any atom is -0.481 e. The van der Waals surface area contributed by atoms with Crippen molar-refractivity contribution in [3.63, 3.8) is 0 Å². The van der Waals surface area contributed by atoms with Crippen molar-refractivity contribution < 1.29 is 28.2 Å². The number of nitrogens with one attached hydrogen (secondary N) is 1. The number of fused-ring (bicyclic) bond motifs is 1. The molecule has 1 amide bonds. The standard InChI is InChI=1S/C19H19F2NO4/c20-19(21)9-7-12(8-10-19)18(25)22-15-5-6-16(26-11-17(23)24)14-4-2-1-3-13(14)15/h1-6,12H,7-11H2,(H,22,25)(H,23,24). The van der Waals surface area contributed by atoms with E-state index in [-0.39, 0.29) is 31.6 Å². The number of amides is 1. The number of hydrogen-bond donors (Lipinski definition) is 2. The van der Waals surface area contributed by atoms with Crippen molar-refractivity contribution in [3.05, 3.63) is 36.4 Å². The molecule has 0 bridgehead atoms. The van der Waals surface area contributed by atoms with Gasteiger partial charge < -0.3 is 15.2 Å². The molecule has 7 heteroatoms. The van der Waals surface area contributed by atoms with Gasteiger partial charge >= 0.3 is 5.97 Å². The Morgan fingerprint density at radius 2 is 1.77 bits per heavy atom. The minimum atomic E-state index is -2.67. The lowest BCUT2D eigenvalue weighted by atomic mass is 9.86. The lowest BCUT2D eigenvalue weighted by Crippen LogP contribution is -2.31. The van der Waals surface area contributed by atoms with Crippen LogP contribution in [0.5, 0.6) is 5.75 Å². The van der Waals surface area contributed by atoms with E-state index in [9.17, 15) is 18.4 Å². The maximum atomic E-state index is 13.3. The first-order valence-corrected chi connectivity index (χ1v) is 8.41. The molecule has 0 atom stereocenters. The molecule has 3 rings (SSSR count). The van der Waals surface area contributed by atoms with E-state index in [0.717, 1.165) is 0 Å². The minimum absolute atomic E-state index is 0.163. The maximum absolute atomic E-state index is 13.3. The summed E-state index contributed by atoms with van der Waals surface area (Å²) in [5.74, 6) is -4.06. The lowest BCUT2D eigenvalue weighted by molar-refractivity contribution is -0.139. The highest BCUT2D eigenvalue weighted by Gasteiger charge is 2.37. The molecule has 138 valence electrons. The predicted octanol–water partition coefficient (Wildman–Crippen LogP) is 4.07. The summed E-state index contributed by atoms with van der Waals surface area (Å²) in [6.45, 7) is -0.466. The van der Waals surface area contributed by atoms with Gasteiger partial charge in [-0.3, -0.25) is 4.79 Å². The van der Waals surface area contributed by atoms with Gasteiger partial charge in [0.1, 0.15) is 5.75 Å². The third-order valence-corrected chi connectivity index (χ3v) is 4.58. The summed E-state index contributed by atoms with van der Waals surface area (Å²) >= 11 is 0. The summed E-state index contributed by atoms with van der Waals surface area (Å²) in [6, 6.07) is 10.4. The Hall–Kier alpha value is -2.70. The molecule has 26 heavy (non-hydrogen) atoms. The second kappa shape index (κ2) is 7.27. The van der Waals surface area contributed by atoms with Crippen LogP contribution >= 0.6 is 0 Å². The Kier molecular flexibility index (Phi) is 5.06. The van der Waals surface area contributed by atoms with Gasteiger partial charge in [-0.2, -0.15) is 0 Å². The first-order valence-electron chi connectivity index (χ1n) is 8.41. The number of ether oxygens (including phenoxy) is 1. The number of carbonyl (C=O) groups is 2. The Labute approximate surface area is 149 Å². The SMILES string of the molecule is O=C(O)COc1ccc(NC(=O)C2CCC(F)(F)CC2)c2ccccc12. The van der Waals surface area contributed by atoms with Crippen LogP contribution in [-0.2, 0) is 9.59 Å². The molecular weight excluding hydrogens is 344 g/mol. The zero-order valence-corrected chi connectivity index (χ0v) is 14.0. The fourth-order valence-corrected chi connectivity index (χ4v) is 3.18. The Balaban J connectivity index is 1.79. The molecule has 0 aliphatic heterocycles. The van der Waals surface area contributed by atoms with Crippen molar-refractivity contribution in [3.8, 4) is 5.75 Å². The smallest absolute Gasteiger partial charge is 0.341 e. The van der Waals surface area contributed by atoms with Gasteiger partial charge in [0.15, 0.2) is 6.61 Å². The van der Waals surface area contributed by atoms with Crippen molar-refractivity contribution >= 4 is 28.3 Å². The normalized spacial score (nSPS) is 17.0. The highest BCUT2D eigenvalue weighted by molar-refractivity contribution is 6.04. The predicted molar refractivity (Wildman–Crippen MR) is 92.6 cm³/mol. The third-order valence-electron chi connectivity index (χ3n) is 4.58. The second-order valence-corrected chi connectivity index (χ2v) is 6.46. The van der Waals surface area contributed by atoms with E-state index in [4.69, 9.17) is 9.84 Å². The Bertz CT molecular complexity index is 827. The van der Waals surface area contributed by atoms with E-state index in [1.54, 1.807) is 36.4 Å².